The highest BCUT2D eigenvalue weighted by atomic mass is 14.8. The SMILES string of the molecule is C=C(c1ccccc1)C(C)N=C(C)c1ccccc1. The van der Waals surface area contributed by atoms with Crippen molar-refractivity contribution in [1.82, 2.24) is 0 Å². The van der Waals surface area contributed by atoms with Crippen molar-refractivity contribution in [2.24, 2.45) is 4.99 Å². The van der Waals surface area contributed by atoms with E-state index in [1.54, 1.807) is 0 Å². The van der Waals surface area contributed by atoms with Crippen molar-refractivity contribution >= 4 is 11.3 Å². The number of aliphatic imine (C=N–C) groups is 1. The second-order valence-corrected chi connectivity index (χ2v) is 4.65. The van der Waals surface area contributed by atoms with Gasteiger partial charge in [0.1, 0.15) is 0 Å². The summed E-state index contributed by atoms with van der Waals surface area (Å²) in [6.45, 7) is 8.30. The molecule has 0 bridgehead atoms. The molecule has 2 rings (SSSR count). The van der Waals surface area contributed by atoms with E-state index in [1.807, 2.05) is 43.3 Å². The van der Waals surface area contributed by atoms with Crippen molar-refractivity contribution < 1.29 is 0 Å². The van der Waals surface area contributed by atoms with Crippen molar-refractivity contribution in [2.45, 2.75) is 19.9 Å². The fourth-order valence-corrected chi connectivity index (χ4v) is 2.02. The topological polar surface area (TPSA) is 12.4 Å². The van der Waals surface area contributed by atoms with Crippen molar-refractivity contribution in [1.29, 1.82) is 0 Å². The van der Waals surface area contributed by atoms with Crippen LogP contribution in [0, 0.1) is 0 Å². The summed E-state index contributed by atoms with van der Waals surface area (Å²) in [4.78, 5) is 4.74. The van der Waals surface area contributed by atoms with Gasteiger partial charge < -0.3 is 0 Å². The third-order valence-electron chi connectivity index (χ3n) is 3.23. The van der Waals surface area contributed by atoms with Crippen LogP contribution in [0.15, 0.2) is 72.2 Å². The van der Waals surface area contributed by atoms with Crippen LogP contribution in [0.2, 0.25) is 0 Å². The van der Waals surface area contributed by atoms with Gasteiger partial charge in [-0.3, -0.25) is 4.99 Å². The predicted molar refractivity (Wildman–Crippen MR) is 83.6 cm³/mol. The van der Waals surface area contributed by atoms with Gasteiger partial charge in [-0.1, -0.05) is 67.2 Å². The Balaban J connectivity index is 2.17. The maximum Gasteiger partial charge on any atom is 0.0724 e. The lowest BCUT2D eigenvalue weighted by Crippen LogP contribution is -2.06. The number of rotatable bonds is 4. The Morgan fingerprint density at radius 1 is 0.895 bits per heavy atom. The van der Waals surface area contributed by atoms with E-state index in [1.165, 1.54) is 0 Å². The molecule has 0 amide bonds. The van der Waals surface area contributed by atoms with Gasteiger partial charge in [0, 0.05) is 5.71 Å². The molecule has 2 aromatic carbocycles. The van der Waals surface area contributed by atoms with E-state index < -0.39 is 0 Å². The van der Waals surface area contributed by atoms with E-state index in [-0.39, 0.29) is 6.04 Å². The summed E-state index contributed by atoms with van der Waals surface area (Å²) >= 11 is 0. The number of hydrogen-bond donors (Lipinski definition) is 0. The van der Waals surface area contributed by atoms with Gasteiger partial charge in [-0.15, -0.1) is 0 Å². The highest BCUT2D eigenvalue weighted by molar-refractivity contribution is 5.99. The molecule has 1 atom stereocenters. The molecule has 1 unspecified atom stereocenters. The molecular formula is C18H19N. The Morgan fingerprint density at radius 3 is 1.89 bits per heavy atom. The summed E-state index contributed by atoms with van der Waals surface area (Å²) in [5.74, 6) is 0. The Labute approximate surface area is 115 Å². The summed E-state index contributed by atoms with van der Waals surface area (Å²) in [5.41, 5.74) is 4.41. The van der Waals surface area contributed by atoms with Gasteiger partial charge in [0.25, 0.3) is 0 Å². The van der Waals surface area contributed by atoms with E-state index >= 15 is 0 Å². The van der Waals surface area contributed by atoms with Gasteiger partial charge in [0.2, 0.25) is 0 Å². The van der Waals surface area contributed by atoms with Crippen LogP contribution in [0.3, 0.4) is 0 Å². The molecular weight excluding hydrogens is 230 g/mol. The molecule has 0 heterocycles. The quantitative estimate of drug-likeness (QED) is 0.702. The first kappa shape index (κ1) is 13.3. The van der Waals surface area contributed by atoms with Gasteiger partial charge in [-0.25, -0.2) is 0 Å². The number of nitrogens with zero attached hydrogens (tertiary/aromatic N) is 1. The maximum atomic E-state index is 4.74. The van der Waals surface area contributed by atoms with Gasteiger partial charge in [0.05, 0.1) is 6.04 Å². The average Bonchev–Trinajstić information content (AvgIpc) is 2.48. The van der Waals surface area contributed by atoms with Crippen LogP contribution in [-0.2, 0) is 0 Å². The zero-order chi connectivity index (χ0) is 13.7. The highest BCUT2D eigenvalue weighted by Gasteiger charge is 2.07. The lowest BCUT2D eigenvalue weighted by Gasteiger charge is -2.12. The smallest absolute Gasteiger partial charge is 0.0724 e. The molecule has 1 heteroatoms. The van der Waals surface area contributed by atoms with Crippen LogP contribution in [0.5, 0.6) is 0 Å². The first-order valence-corrected chi connectivity index (χ1v) is 6.52. The van der Waals surface area contributed by atoms with Gasteiger partial charge >= 0.3 is 0 Å². The van der Waals surface area contributed by atoms with Crippen LogP contribution >= 0.6 is 0 Å². The van der Waals surface area contributed by atoms with E-state index in [4.69, 9.17) is 4.99 Å². The fourth-order valence-electron chi connectivity index (χ4n) is 2.02. The Bertz CT molecular complexity index is 567. The minimum absolute atomic E-state index is 0.0857. The van der Waals surface area contributed by atoms with Crippen LogP contribution in [-0.4, -0.2) is 11.8 Å². The zero-order valence-corrected chi connectivity index (χ0v) is 11.5. The van der Waals surface area contributed by atoms with E-state index in [0.717, 1.165) is 22.4 Å². The summed E-state index contributed by atoms with van der Waals surface area (Å²) in [5, 5.41) is 0. The van der Waals surface area contributed by atoms with Gasteiger partial charge in [0.15, 0.2) is 0 Å². The normalized spacial score (nSPS) is 13.1. The Kier molecular flexibility index (Phi) is 4.30. The molecule has 0 fully saturated rings. The standard InChI is InChI=1S/C18H19N/c1-14(17-10-6-4-7-11-17)15(2)19-16(3)18-12-8-5-9-13-18/h4-13,15H,1H2,2-3H3. The van der Waals surface area contributed by atoms with Crippen molar-refractivity contribution in [3.8, 4) is 0 Å². The third kappa shape index (κ3) is 3.41. The summed E-state index contributed by atoms with van der Waals surface area (Å²) in [7, 11) is 0. The molecule has 0 spiro atoms. The van der Waals surface area contributed by atoms with Crippen LogP contribution in [0.25, 0.3) is 5.57 Å². The summed E-state index contributed by atoms with van der Waals surface area (Å²) < 4.78 is 0. The Morgan fingerprint density at radius 2 is 1.37 bits per heavy atom. The minimum Gasteiger partial charge on any atom is -0.282 e. The maximum absolute atomic E-state index is 4.74. The molecule has 0 aromatic heterocycles. The molecule has 0 saturated heterocycles. The first-order chi connectivity index (χ1) is 9.18. The van der Waals surface area contributed by atoms with Crippen molar-refractivity contribution in [3.05, 3.63) is 78.4 Å². The molecule has 0 aliphatic rings. The first-order valence-electron chi connectivity index (χ1n) is 6.52. The summed E-state index contributed by atoms with van der Waals surface area (Å²) in [6, 6.07) is 20.6. The Hall–Kier alpha value is -2.15. The molecule has 0 radical (unpaired) electrons. The molecule has 0 N–H and O–H groups in total. The van der Waals surface area contributed by atoms with Gasteiger partial charge in [-0.05, 0) is 30.5 Å². The third-order valence-corrected chi connectivity index (χ3v) is 3.23. The monoisotopic (exact) mass is 249 g/mol. The second-order valence-electron chi connectivity index (χ2n) is 4.65. The molecule has 19 heavy (non-hydrogen) atoms. The second kappa shape index (κ2) is 6.14. The van der Waals surface area contributed by atoms with Crippen LogP contribution < -0.4 is 0 Å². The lowest BCUT2D eigenvalue weighted by atomic mass is 10.0. The predicted octanol–water partition coefficient (Wildman–Crippen LogP) is 4.60. The zero-order valence-electron chi connectivity index (χ0n) is 11.5. The minimum atomic E-state index is 0.0857. The summed E-state index contributed by atoms with van der Waals surface area (Å²) in [6.07, 6.45) is 0. The molecule has 1 nitrogen and oxygen atoms in total. The number of benzene rings is 2. The van der Waals surface area contributed by atoms with Crippen LogP contribution in [0.4, 0.5) is 0 Å². The molecule has 0 aliphatic heterocycles. The van der Waals surface area contributed by atoms with Crippen molar-refractivity contribution in [2.75, 3.05) is 0 Å². The van der Waals surface area contributed by atoms with Gasteiger partial charge in [-0.2, -0.15) is 0 Å². The van der Waals surface area contributed by atoms with Crippen LogP contribution in [0.1, 0.15) is 25.0 Å². The molecule has 2 aromatic rings. The average molecular weight is 249 g/mol. The largest absolute Gasteiger partial charge is 0.282 e. The van der Waals surface area contributed by atoms with E-state index in [9.17, 15) is 0 Å². The van der Waals surface area contributed by atoms with E-state index in [2.05, 4.69) is 37.8 Å². The molecule has 0 aliphatic carbocycles. The molecule has 0 saturated carbocycles. The number of hydrogen-bond acceptors (Lipinski definition) is 1. The fraction of sp³-hybridized carbons (Fsp3) is 0.167. The highest BCUT2D eigenvalue weighted by Crippen LogP contribution is 2.19. The lowest BCUT2D eigenvalue weighted by molar-refractivity contribution is 0.947. The van der Waals surface area contributed by atoms with E-state index in [0.29, 0.717) is 0 Å². The van der Waals surface area contributed by atoms with Crippen molar-refractivity contribution in [3.63, 3.8) is 0 Å². The molecule has 96 valence electrons.